The second-order valence-corrected chi connectivity index (χ2v) is 6.44. The molecular weight excluding hydrogens is 465 g/mol. The molecule has 0 unspecified atom stereocenters. The Hall–Kier alpha value is 1.36. The zero-order valence-corrected chi connectivity index (χ0v) is 16.5. The van der Waals surface area contributed by atoms with Gasteiger partial charge in [-0.2, -0.15) is 0 Å². The summed E-state index contributed by atoms with van der Waals surface area (Å²) in [5.41, 5.74) is 0. The van der Waals surface area contributed by atoms with E-state index >= 15 is 0 Å². The van der Waals surface area contributed by atoms with E-state index < -0.39 is 25.1 Å². The van der Waals surface area contributed by atoms with Gasteiger partial charge in [-0.25, -0.2) is 0 Å². The molecule has 4 nitrogen and oxygen atoms in total. The zero-order valence-electron chi connectivity index (χ0n) is 15.0. The van der Waals surface area contributed by atoms with Gasteiger partial charge < -0.3 is 5.11 Å². The van der Waals surface area contributed by atoms with Crippen LogP contribution in [0.3, 0.4) is 0 Å². The van der Waals surface area contributed by atoms with Crippen LogP contribution in [0.1, 0.15) is 110 Å². The van der Waals surface area contributed by atoms with Crippen LogP contribution in [0, 0.1) is 0 Å². The molecule has 0 aromatic carbocycles. The summed E-state index contributed by atoms with van der Waals surface area (Å²) >= 11 is -2.00. The summed E-state index contributed by atoms with van der Waals surface area (Å²) in [5, 5.41) is 8.52. The van der Waals surface area contributed by atoms with Gasteiger partial charge >= 0.3 is 80.6 Å². The Labute approximate surface area is 198 Å². The average molecular weight is 504 g/mol. The van der Waals surface area contributed by atoms with Gasteiger partial charge in [0.15, 0.2) is 0 Å². The van der Waals surface area contributed by atoms with Gasteiger partial charge in [-0.3, -0.25) is 4.79 Å². The molecule has 0 bridgehead atoms. The topological polar surface area (TPSA) is 71.4 Å². The molecule has 140 valence electrons. The number of aliphatic carboxylic acids is 1. The molecule has 0 radical (unpaired) electrons. The standard InChI is InChI=1S/C18H36O2.Ba.2O.Ti.2H/c1-2-3-4-5-6-7-8-9-10-11-12-13-14-15-16-17-18(19)20;;;;;;/h2-17H2,1H3,(H,19,20);;;;;;. The number of hydrogen-bond donors (Lipinski definition) is 1. The van der Waals surface area contributed by atoms with E-state index in [1.807, 2.05) is 0 Å². The minimum absolute atomic E-state index is 0. The quantitative estimate of drug-likeness (QED) is 0.233. The van der Waals surface area contributed by atoms with Crippen LogP contribution in [0.5, 0.6) is 0 Å². The van der Waals surface area contributed by atoms with Gasteiger partial charge in [0.25, 0.3) is 0 Å². The molecule has 0 aromatic heterocycles. The summed E-state index contributed by atoms with van der Waals surface area (Å²) in [4.78, 5) is 10.3. The van der Waals surface area contributed by atoms with Gasteiger partial charge in [-0.1, -0.05) is 96.8 Å². The Morgan fingerprint density at radius 2 is 0.917 bits per heavy atom. The van der Waals surface area contributed by atoms with E-state index in [1.165, 1.54) is 83.5 Å². The van der Waals surface area contributed by atoms with Crippen molar-refractivity contribution in [3.05, 3.63) is 0 Å². The third-order valence-electron chi connectivity index (χ3n) is 3.99. The summed E-state index contributed by atoms with van der Waals surface area (Å²) < 4.78 is 17.0. The van der Waals surface area contributed by atoms with Crippen LogP contribution in [-0.4, -0.2) is 60.0 Å². The van der Waals surface area contributed by atoms with Crippen molar-refractivity contribution in [2.24, 2.45) is 0 Å². The zero-order chi connectivity index (χ0) is 17.6. The molecule has 0 amide bonds. The van der Waals surface area contributed by atoms with Crippen molar-refractivity contribution in [1.29, 1.82) is 0 Å². The van der Waals surface area contributed by atoms with E-state index in [9.17, 15) is 4.79 Å². The molecule has 0 rings (SSSR count). The fourth-order valence-electron chi connectivity index (χ4n) is 2.65. The molecular formula is C18H38BaO4Ti. The molecule has 0 aromatic rings. The van der Waals surface area contributed by atoms with Crippen LogP contribution in [0.25, 0.3) is 0 Å². The number of hydrogen-bond acceptors (Lipinski definition) is 3. The maximum absolute atomic E-state index is 10.3. The average Bonchev–Trinajstić information content (AvgIpc) is 2.51. The van der Waals surface area contributed by atoms with Gasteiger partial charge in [0, 0.05) is 6.42 Å². The van der Waals surface area contributed by atoms with Crippen molar-refractivity contribution in [3.8, 4) is 0 Å². The van der Waals surface area contributed by atoms with Crippen LogP contribution in [0.15, 0.2) is 0 Å². The SMILES string of the molecule is CCCCCCCCCCCCCCCCCC(=O)O.[BaH2].[O]=[Ti]=[O]. The molecule has 24 heavy (non-hydrogen) atoms. The van der Waals surface area contributed by atoms with E-state index in [0.29, 0.717) is 6.42 Å². The Bertz CT molecular complexity index is 282. The fourth-order valence-corrected chi connectivity index (χ4v) is 2.65. The van der Waals surface area contributed by atoms with Gasteiger partial charge in [-0.05, 0) is 6.42 Å². The number of unbranched alkanes of at least 4 members (excludes halogenated alkanes) is 14. The molecule has 0 spiro atoms. The summed E-state index contributed by atoms with van der Waals surface area (Å²) in [6.07, 6.45) is 20.2. The van der Waals surface area contributed by atoms with Crippen molar-refractivity contribution in [1.82, 2.24) is 0 Å². The van der Waals surface area contributed by atoms with E-state index in [-0.39, 0.29) is 48.9 Å². The molecule has 6 heteroatoms. The first-order valence-electron chi connectivity index (χ1n) is 9.40. The molecule has 0 fully saturated rings. The van der Waals surface area contributed by atoms with E-state index in [1.54, 1.807) is 0 Å². The first kappa shape index (κ1) is 30.1. The summed E-state index contributed by atoms with van der Waals surface area (Å²) in [6, 6.07) is 0. The Morgan fingerprint density at radius 1 is 0.667 bits per heavy atom. The second-order valence-electron chi connectivity index (χ2n) is 6.18. The summed E-state index contributed by atoms with van der Waals surface area (Å²) in [6.45, 7) is 2.27. The van der Waals surface area contributed by atoms with E-state index in [0.717, 1.165) is 12.8 Å². The van der Waals surface area contributed by atoms with Crippen molar-refractivity contribution < 1.29 is 35.6 Å². The molecule has 1 N–H and O–H groups in total. The van der Waals surface area contributed by atoms with Crippen molar-refractivity contribution >= 4 is 54.9 Å². The van der Waals surface area contributed by atoms with Crippen molar-refractivity contribution in [2.45, 2.75) is 110 Å². The number of carboxylic acids is 1. The van der Waals surface area contributed by atoms with Crippen LogP contribution in [0.4, 0.5) is 0 Å². The predicted molar refractivity (Wildman–Crippen MR) is 97.1 cm³/mol. The first-order chi connectivity index (χ1) is 11.2. The van der Waals surface area contributed by atoms with Crippen LogP contribution in [0.2, 0.25) is 0 Å². The van der Waals surface area contributed by atoms with E-state index in [2.05, 4.69) is 6.92 Å². The molecule has 0 saturated carbocycles. The molecule has 0 aliphatic rings. The predicted octanol–water partition coefficient (Wildman–Crippen LogP) is 5.18. The number of carbonyl (C=O) groups is 1. The van der Waals surface area contributed by atoms with Gasteiger partial charge in [-0.15, -0.1) is 0 Å². The summed E-state index contributed by atoms with van der Waals surface area (Å²) in [7, 11) is 0. The molecule has 0 saturated heterocycles. The number of carboxylic acid groups (broad SMARTS) is 1. The van der Waals surface area contributed by atoms with Crippen molar-refractivity contribution in [2.75, 3.05) is 0 Å². The van der Waals surface area contributed by atoms with Crippen LogP contribution < -0.4 is 0 Å². The third-order valence-corrected chi connectivity index (χ3v) is 3.99. The molecule has 0 aliphatic carbocycles. The van der Waals surface area contributed by atoms with Crippen molar-refractivity contribution in [3.63, 3.8) is 0 Å². The Balaban J connectivity index is -0.00000102. The van der Waals surface area contributed by atoms with Crippen LogP contribution >= 0.6 is 0 Å². The molecule has 0 heterocycles. The minimum atomic E-state index is -2.00. The number of rotatable bonds is 16. The third kappa shape index (κ3) is 34.6. The van der Waals surface area contributed by atoms with Gasteiger partial charge in [0.2, 0.25) is 0 Å². The second kappa shape index (κ2) is 29.1. The van der Waals surface area contributed by atoms with E-state index in [4.69, 9.17) is 11.8 Å². The Morgan fingerprint density at radius 3 is 1.17 bits per heavy atom. The monoisotopic (exact) mass is 504 g/mol. The Kier molecular flexibility index (Phi) is 36.5. The molecule has 0 aliphatic heterocycles. The fraction of sp³-hybridized carbons (Fsp3) is 0.944. The maximum atomic E-state index is 10.3. The van der Waals surface area contributed by atoms with Gasteiger partial charge in [0.05, 0.1) is 0 Å². The summed E-state index contributed by atoms with van der Waals surface area (Å²) in [5.74, 6) is -0.653. The normalized spacial score (nSPS) is 9.38. The first-order valence-corrected chi connectivity index (χ1v) is 10.7. The van der Waals surface area contributed by atoms with Gasteiger partial charge in [0.1, 0.15) is 0 Å². The van der Waals surface area contributed by atoms with Crippen LogP contribution in [-0.2, 0) is 30.5 Å². The molecule has 0 atom stereocenters.